The van der Waals surface area contributed by atoms with Crippen LogP contribution in [0.2, 0.25) is 0 Å². The summed E-state index contributed by atoms with van der Waals surface area (Å²) in [6.07, 6.45) is 0.995. The average Bonchev–Trinajstić information content (AvgIpc) is 2.40. The first-order valence-electron chi connectivity index (χ1n) is 6.71. The van der Waals surface area contributed by atoms with E-state index in [1.807, 2.05) is 31.2 Å². The molecule has 0 saturated carbocycles. The van der Waals surface area contributed by atoms with Crippen molar-refractivity contribution < 1.29 is 14.3 Å². The topological polar surface area (TPSA) is 38.8 Å². The molecule has 0 N–H and O–H groups in total. The van der Waals surface area contributed by atoms with Crippen LogP contribution in [0, 0.1) is 0 Å². The minimum absolute atomic E-state index is 0.175. The van der Waals surface area contributed by atoms with Gasteiger partial charge in [-0.2, -0.15) is 0 Å². The Morgan fingerprint density at radius 3 is 2.63 bits per heavy atom. The van der Waals surface area contributed by atoms with Crippen LogP contribution in [0.4, 0.5) is 0 Å². The summed E-state index contributed by atoms with van der Waals surface area (Å²) in [6.45, 7) is 6.21. The van der Waals surface area contributed by atoms with Crippen molar-refractivity contribution in [3.8, 4) is 5.75 Å². The average molecular weight is 265 g/mol. The van der Waals surface area contributed by atoms with Crippen LogP contribution in [0.15, 0.2) is 24.3 Å². The second-order valence-corrected chi connectivity index (χ2v) is 4.33. The molecule has 0 aromatic heterocycles. The van der Waals surface area contributed by atoms with Gasteiger partial charge in [-0.25, -0.2) is 0 Å². The van der Waals surface area contributed by atoms with Crippen molar-refractivity contribution >= 4 is 5.97 Å². The highest BCUT2D eigenvalue weighted by atomic mass is 16.5. The predicted molar refractivity (Wildman–Crippen MR) is 75.2 cm³/mol. The number of benzene rings is 1. The molecule has 0 bridgehead atoms. The second-order valence-electron chi connectivity index (χ2n) is 4.33. The maximum Gasteiger partial charge on any atom is 0.320 e. The molecule has 0 saturated heterocycles. The minimum atomic E-state index is -0.175. The van der Waals surface area contributed by atoms with Crippen molar-refractivity contribution in [2.45, 2.75) is 26.8 Å². The Labute approximate surface area is 115 Å². The van der Waals surface area contributed by atoms with Gasteiger partial charge in [0.1, 0.15) is 5.75 Å². The van der Waals surface area contributed by atoms with E-state index >= 15 is 0 Å². The summed E-state index contributed by atoms with van der Waals surface area (Å²) in [7, 11) is 1.66. The number of carbonyl (C=O) groups is 1. The molecule has 1 aromatic carbocycles. The van der Waals surface area contributed by atoms with Gasteiger partial charge in [0.25, 0.3) is 0 Å². The van der Waals surface area contributed by atoms with E-state index in [-0.39, 0.29) is 5.97 Å². The normalized spacial score (nSPS) is 10.5. The monoisotopic (exact) mass is 265 g/mol. The molecule has 0 fully saturated rings. The molecule has 0 aliphatic carbocycles. The molecule has 4 nitrogen and oxygen atoms in total. The first-order chi connectivity index (χ1) is 9.21. The molecule has 1 rings (SSSR count). The van der Waals surface area contributed by atoms with Crippen LogP contribution in [0.1, 0.15) is 25.8 Å². The van der Waals surface area contributed by atoms with Crippen molar-refractivity contribution in [3.63, 3.8) is 0 Å². The lowest BCUT2D eigenvalue weighted by molar-refractivity contribution is -0.144. The predicted octanol–water partition coefficient (Wildman–Crippen LogP) is 2.47. The maximum absolute atomic E-state index is 11.6. The lowest BCUT2D eigenvalue weighted by Gasteiger charge is -2.21. The number of methoxy groups -OCH3 is 1. The van der Waals surface area contributed by atoms with Crippen LogP contribution in [-0.2, 0) is 16.1 Å². The number of hydrogen-bond donors (Lipinski definition) is 0. The zero-order chi connectivity index (χ0) is 14.1. The third-order valence-corrected chi connectivity index (χ3v) is 2.78. The molecule has 0 spiro atoms. The van der Waals surface area contributed by atoms with Crippen LogP contribution in [0.5, 0.6) is 5.75 Å². The van der Waals surface area contributed by atoms with E-state index in [0.717, 1.165) is 24.3 Å². The first kappa shape index (κ1) is 15.5. The summed E-state index contributed by atoms with van der Waals surface area (Å²) in [5.41, 5.74) is 1.09. The van der Waals surface area contributed by atoms with E-state index < -0.39 is 0 Å². The van der Waals surface area contributed by atoms with Crippen molar-refractivity contribution in [1.29, 1.82) is 0 Å². The van der Waals surface area contributed by atoms with E-state index in [9.17, 15) is 4.79 Å². The molecule has 19 heavy (non-hydrogen) atoms. The summed E-state index contributed by atoms with van der Waals surface area (Å²) in [5, 5.41) is 0. The Bertz CT molecular complexity index is 393. The van der Waals surface area contributed by atoms with Crippen LogP contribution in [0.25, 0.3) is 0 Å². The van der Waals surface area contributed by atoms with Crippen LogP contribution < -0.4 is 4.74 Å². The van der Waals surface area contributed by atoms with Crippen molar-refractivity contribution in [3.05, 3.63) is 29.8 Å². The van der Waals surface area contributed by atoms with Gasteiger partial charge >= 0.3 is 5.97 Å². The number of carbonyl (C=O) groups excluding carboxylic acids is 1. The van der Waals surface area contributed by atoms with Gasteiger partial charge in [-0.05, 0) is 26.0 Å². The third-order valence-electron chi connectivity index (χ3n) is 2.78. The fraction of sp³-hybridized carbons (Fsp3) is 0.533. The smallest absolute Gasteiger partial charge is 0.320 e. The fourth-order valence-electron chi connectivity index (χ4n) is 1.99. The number of hydrogen-bond acceptors (Lipinski definition) is 4. The number of esters is 1. The summed E-state index contributed by atoms with van der Waals surface area (Å²) in [4.78, 5) is 13.7. The Balaban J connectivity index is 2.69. The maximum atomic E-state index is 11.6. The van der Waals surface area contributed by atoms with Gasteiger partial charge in [-0.15, -0.1) is 0 Å². The Morgan fingerprint density at radius 1 is 1.26 bits per heavy atom. The van der Waals surface area contributed by atoms with Gasteiger partial charge in [0.15, 0.2) is 0 Å². The summed E-state index contributed by atoms with van der Waals surface area (Å²) in [6, 6.07) is 7.88. The lowest BCUT2D eigenvalue weighted by Crippen LogP contribution is -2.31. The minimum Gasteiger partial charge on any atom is -0.496 e. The molecule has 0 atom stereocenters. The quantitative estimate of drug-likeness (QED) is 0.677. The van der Waals surface area contributed by atoms with Crippen molar-refractivity contribution in [1.82, 2.24) is 4.90 Å². The van der Waals surface area contributed by atoms with E-state index in [4.69, 9.17) is 9.47 Å². The fourth-order valence-corrected chi connectivity index (χ4v) is 1.99. The van der Waals surface area contributed by atoms with Crippen molar-refractivity contribution in [2.75, 3.05) is 26.8 Å². The number of rotatable bonds is 8. The largest absolute Gasteiger partial charge is 0.496 e. The van der Waals surface area contributed by atoms with Crippen molar-refractivity contribution in [2.24, 2.45) is 0 Å². The molecule has 0 radical (unpaired) electrons. The highest BCUT2D eigenvalue weighted by molar-refractivity contribution is 5.71. The Morgan fingerprint density at radius 2 is 2.00 bits per heavy atom. The van der Waals surface area contributed by atoms with Gasteiger partial charge in [0.2, 0.25) is 0 Å². The van der Waals surface area contributed by atoms with Crippen LogP contribution in [-0.4, -0.2) is 37.7 Å². The third kappa shape index (κ3) is 5.30. The van der Waals surface area contributed by atoms with Crippen LogP contribution >= 0.6 is 0 Å². The molecule has 0 amide bonds. The molecule has 0 aliphatic rings. The van der Waals surface area contributed by atoms with E-state index in [1.165, 1.54) is 0 Å². The molecular weight excluding hydrogens is 242 g/mol. The zero-order valence-electron chi connectivity index (χ0n) is 12.0. The molecule has 0 heterocycles. The standard InChI is InChI=1S/C15H23NO3/c1-4-10-16(12-15(17)19-5-2)11-13-8-6-7-9-14(13)18-3/h6-9H,4-5,10-12H2,1-3H3. The number of para-hydroxylation sites is 1. The molecule has 106 valence electrons. The van der Waals surface area contributed by atoms with Gasteiger partial charge in [-0.3, -0.25) is 9.69 Å². The van der Waals surface area contributed by atoms with Gasteiger partial charge in [0.05, 0.1) is 20.3 Å². The lowest BCUT2D eigenvalue weighted by atomic mass is 10.2. The van der Waals surface area contributed by atoms with E-state index in [2.05, 4.69) is 11.8 Å². The zero-order valence-corrected chi connectivity index (χ0v) is 12.0. The van der Waals surface area contributed by atoms with E-state index in [1.54, 1.807) is 7.11 Å². The highest BCUT2D eigenvalue weighted by Crippen LogP contribution is 2.19. The summed E-state index contributed by atoms with van der Waals surface area (Å²) < 4.78 is 10.3. The summed E-state index contributed by atoms with van der Waals surface area (Å²) in [5.74, 6) is 0.679. The van der Waals surface area contributed by atoms with Gasteiger partial charge in [0, 0.05) is 12.1 Å². The molecule has 4 heteroatoms. The van der Waals surface area contributed by atoms with Gasteiger partial charge < -0.3 is 9.47 Å². The van der Waals surface area contributed by atoms with Gasteiger partial charge in [-0.1, -0.05) is 25.1 Å². The number of ether oxygens (including phenoxy) is 2. The van der Waals surface area contributed by atoms with E-state index in [0.29, 0.717) is 19.7 Å². The molecule has 0 aliphatic heterocycles. The van der Waals surface area contributed by atoms with Crippen LogP contribution in [0.3, 0.4) is 0 Å². The molecule has 1 aromatic rings. The SMILES string of the molecule is CCCN(CC(=O)OCC)Cc1ccccc1OC. The number of nitrogens with zero attached hydrogens (tertiary/aromatic N) is 1. The molecular formula is C15H23NO3. The molecule has 0 unspecified atom stereocenters. The Hall–Kier alpha value is -1.55. The Kier molecular flexibility index (Phi) is 6.97. The first-order valence-corrected chi connectivity index (χ1v) is 6.71. The highest BCUT2D eigenvalue weighted by Gasteiger charge is 2.13. The second kappa shape index (κ2) is 8.53. The summed E-state index contributed by atoms with van der Waals surface area (Å²) >= 11 is 0.